The highest BCUT2D eigenvalue weighted by Crippen LogP contribution is 2.29. The van der Waals surface area contributed by atoms with Gasteiger partial charge in [-0.15, -0.1) is 0 Å². The molecule has 0 saturated carbocycles. The maximum atomic E-state index is 13.2. The number of carbonyl (C=O) groups is 2. The number of anilines is 1. The highest BCUT2D eigenvalue weighted by atomic mass is 32.2. The van der Waals surface area contributed by atoms with E-state index in [1.165, 1.54) is 24.3 Å². The first-order valence-corrected chi connectivity index (χ1v) is 12.5. The van der Waals surface area contributed by atoms with Crippen LogP contribution in [0.4, 0.5) is 5.69 Å². The molecule has 0 bridgehead atoms. The summed E-state index contributed by atoms with van der Waals surface area (Å²) < 4.78 is 28.1. The third-order valence-electron chi connectivity index (χ3n) is 5.67. The predicted molar refractivity (Wildman–Crippen MR) is 128 cm³/mol. The number of hydrogen-bond acceptors (Lipinski definition) is 7. The number of para-hydroxylation sites is 1. The summed E-state index contributed by atoms with van der Waals surface area (Å²) in [5.74, 6) is -1.12. The Bertz CT molecular complexity index is 1340. The molecule has 4 rings (SSSR count). The summed E-state index contributed by atoms with van der Waals surface area (Å²) in [6.45, 7) is 4.04. The first-order chi connectivity index (χ1) is 16.3. The Morgan fingerprint density at radius 3 is 2.59 bits per heavy atom. The molecule has 0 unspecified atom stereocenters. The first kappa shape index (κ1) is 23.8. The van der Waals surface area contributed by atoms with Crippen molar-refractivity contribution in [2.24, 2.45) is 5.14 Å². The molecule has 0 saturated heterocycles. The maximum Gasteiger partial charge on any atom is 0.339 e. The molecule has 0 atom stereocenters. The van der Waals surface area contributed by atoms with Crippen LogP contribution >= 0.6 is 0 Å². The first-order valence-electron chi connectivity index (χ1n) is 11.0. The van der Waals surface area contributed by atoms with E-state index >= 15 is 0 Å². The molecule has 1 aliphatic rings. The Morgan fingerprint density at radius 1 is 1.15 bits per heavy atom. The van der Waals surface area contributed by atoms with Crippen molar-refractivity contribution in [3.8, 4) is 0 Å². The molecule has 1 aromatic heterocycles. The standard InChI is InChI=1S/C24H26N4O5S/c1-2-12-28-13-11-21-19(14-28)23(18-5-3-4-6-20(18)27-21)24(30)33-15-22(29)26-16-7-9-17(10-8-16)34(25,31)32/h3-10H,2,11-15H2,1H3,(H,26,29)(H2,25,31,32). The number of benzene rings is 2. The van der Waals surface area contributed by atoms with Gasteiger partial charge in [-0.2, -0.15) is 0 Å². The Kier molecular flexibility index (Phi) is 6.92. The molecule has 0 spiro atoms. The van der Waals surface area contributed by atoms with E-state index in [0.717, 1.165) is 42.7 Å². The van der Waals surface area contributed by atoms with Gasteiger partial charge in [-0.05, 0) is 43.3 Å². The SMILES string of the molecule is CCCN1CCc2nc3ccccc3c(C(=O)OCC(=O)Nc3ccc(S(N)(=O)=O)cc3)c2C1. The zero-order valence-corrected chi connectivity index (χ0v) is 19.6. The summed E-state index contributed by atoms with van der Waals surface area (Å²) >= 11 is 0. The molecule has 1 amide bonds. The normalized spacial score (nSPS) is 13.9. The maximum absolute atomic E-state index is 13.2. The molecule has 34 heavy (non-hydrogen) atoms. The van der Waals surface area contributed by atoms with Gasteiger partial charge in [-0.3, -0.25) is 14.7 Å². The average molecular weight is 483 g/mol. The molecule has 0 aliphatic carbocycles. The van der Waals surface area contributed by atoms with E-state index in [1.54, 1.807) is 0 Å². The molecule has 2 aromatic carbocycles. The zero-order valence-electron chi connectivity index (χ0n) is 18.8. The lowest BCUT2D eigenvalue weighted by Gasteiger charge is -2.29. The Balaban J connectivity index is 1.51. The van der Waals surface area contributed by atoms with E-state index in [2.05, 4.69) is 17.1 Å². The van der Waals surface area contributed by atoms with Gasteiger partial charge >= 0.3 is 5.97 Å². The number of rotatable bonds is 7. The number of nitrogens with zero attached hydrogens (tertiary/aromatic N) is 2. The Morgan fingerprint density at radius 2 is 1.88 bits per heavy atom. The summed E-state index contributed by atoms with van der Waals surface area (Å²) in [6, 6.07) is 12.8. The average Bonchev–Trinajstić information content (AvgIpc) is 2.81. The van der Waals surface area contributed by atoms with Crippen LogP contribution in [0, 0.1) is 0 Å². The van der Waals surface area contributed by atoms with Gasteiger partial charge in [0.15, 0.2) is 6.61 Å². The number of ether oxygens (including phenoxy) is 1. The van der Waals surface area contributed by atoms with E-state index < -0.39 is 28.5 Å². The number of hydrogen-bond donors (Lipinski definition) is 2. The van der Waals surface area contributed by atoms with Gasteiger partial charge in [0.1, 0.15) is 0 Å². The number of nitrogens with two attached hydrogens (primary N) is 1. The molecule has 9 nitrogen and oxygen atoms in total. The minimum atomic E-state index is -3.82. The Hall–Kier alpha value is -3.34. The number of pyridine rings is 1. The summed E-state index contributed by atoms with van der Waals surface area (Å²) in [5.41, 5.74) is 3.26. The monoisotopic (exact) mass is 482 g/mol. The van der Waals surface area contributed by atoms with Crippen LogP contribution in [0.2, 0.25) is 0 Å². The largest absolute Gasteiger partial charge is 0.452 e. The van der Waals surface area contributed by atoms with Crippen LogP contribution in [0.3, 0.4) is 0 Å². The fraction of sp³-hybridized carbons (Fsp3) is 0.292. The van der Waals surface area contributed by atoms with Gasteiger partial charge in [-0.25, -0.2) is 18.4 Å². The van der Waals surface area contributed by atoms with Crippen molar-refractivity contribution in [2.75, 3.05) is 25.0 Å². The summed E-state index contributed by atoms with van der Waals surface area (Å²) in [7, 11) is -3.82. The zero-order chi connectivity index (χ0) is 24.3. The minimum Gasteiger partial charge on any atom is -0.452 e. The molecule has 3 N–H and O–H groups in total. The number of carbonyl (C=O) groups excluding carboxylic acids is 2. The van der Waals surface area contributed by atoms with Crippen LogP contribution < -0.4 is 10.5 Å². The molecule has 10 heteroatoms. The summed E-state index contributed by atoms with van der Waals surface area (Å²) in [4.78, 5) is 32.5. The highest BCUT2D eigenvalue weighted by molar-refractivity contribution is 7.89. The van der Waals surface area contributed by atoms with E-state index in [9.17, 15) is 18.0 Å². The number of aromatic nitrogens is 1. The summed E-state index contributed by atoms with van der Waals surface area (Å²) in [5, 5.41) is 8.35. The van der Waals surface area contributed by atoms with Crippen molar-refractivity contribution in [3.63, 3.8) is 0 Å². The number of fused-ring (bicyclic) bond motifs is 2. The lowest BCUT2D eigenvalue weighted by molar-refractivity contribution is -0.119. The fourth-order valence-corrected chi connectivity index (χ4v) is 4.63. The fourth-order valence-electron chi connectivity index (χ4n) is 4.11. The second-order valence-corrected chi connectivity index (χ2v) is 9.71. The molecule has 1 aliphatic heterocycles. The van der Waals surface area contributed by atoms with E-state index in [1.807, 2.05) is 24.3 Å². The van der Waals surface area contributed by atoms with Crippen LogP contribution in [0.25, 0.3) is 10.9 Å². The van der Waals surface area contributed by atoms with E-state index in [-0.39, 0.29) is 4.90 Å². The van der Waals surface area contributed by atoms with Crippen LogP contribution in [0.15, 0.2) is 53.4 Å². The Labute approximate surface area is 198 Å². The highest BCUT2D eigenvalue weighted by Gasteiger charge is 2.26. The van der Waals surface area contributed by atoms with Crippen molar-refractivity contribution >= 4 is 38.5 Å². The molecular weight excluding hydrogens is 456 g/mol. The number of primary sulfonamides is 1. The van der Waals surface area contributed by atoms with Crippen LogP contribution in [-0.4, -0.2) is 49.9 Å². The third-order valence-corrected chi connectivity index (χ3v) is 6.60. The van der Waals surface area contributed by atoms with Gasteiger partial charge in [0, 0.05) is 41.8 Å². The lowest BCUT2D eigenvalue weighted by Crippen LogP contribution is -2.33. The molecular formula is C24H26N4O5S. The number of amides is 1. The predicted octanol–water partition coefficient (Wildman–Crippen LogP) is 2.45. The van der Waals surface area contributed by atoms with Crippen LogP contribution in [0.5, 0.6) is 0 Å². The van der Waals surface area contributed by atoms with Crippen molar-refractivity contribution in [1.29, 1.82) is 0 Å². The van der Waals surface area contributed by atoms with Gasteiger partial charge in [-0.1, -0.05) is 25.1 Å². The second-order valence-electron chi connectivity index (χ2n) is 8.15. The third kappa shape index (κ3) is 5.24. The minimum absolute atomic E-state index is 0.0663. The van der Waals surface area contributed by atoms with Crippen LogP contribution in [0.1, 0.15) is 35.0 Å². The molecule has 2 heterocycles. The van der Waals surface area contributed by atoms with E-state index in [4.69, 9.17) is 14.9 Å². The van der Waals surface area contributed by atoms with Crippen molar-refractivity contribution in [2.45, 2.75) is 31.2 Å². The number of sulfonamides is 1. The van der Waals surface area contributed by atoms with Gasteiger partial charge in [0.25, 0.3) is 5.91 Å². The number of nitrogens with one attached hydrogen (secondary N) is 1. The van der Waals surface area contributed by atoms with Gasteiger partial charge in [0.05, 0.1) is 16.0 Å². The summed E-state index contributed by atoms with van der Waals surface area (Å²) in [6.07, 6.45) is 1.75. The quantitative estimate of drug-likeness (QED) is 0.494. The molecule has 3 aromatic rings. The van der Waals surface area contributed by atoms with Crippen molar-refractivity contribution in [3.05, 3.63) is 65.4 Å². The van der Waals surface area contributed by atoms with Gasteiger partial charge in [0.2, 0.25) is 10.0 Å². The van der Waals surface area contributed by atoms with Crippen molar-refractivity contribution in [1.82, 2.24) is 9.88 Å². The molecule has 0 radical (unpaired) electrons. The second kappa shape index (κ2) is 9.88. The topological polar surface area (TPSA) is 132 Å². The lowest BCUT2D eigenvalue weighted by atomic mass is 9.95. The van der Waals surface area contributed by atoms with Crippen molar-refractivity contribution < 1.29 is 22.7 Å². The molecule has 0 fully saturated rings. The number of esters is 1. The smallest absolute Gasteiger partial charge is 0.339 e. The van der Waals surface area contributed by atoms with Crippen LogP contribution in [-0.2, 0) is 32.5 Å². The van der Waals surface area contributed by atoms with E-state index in [0.29, 0.717) is 23.2 Å². The van der Waals surface area contributed by atoms with Gasteiger partial charge < -0.3 is 10.1 Å². The molecule has 178 valence electrons.